The molecule has 0 saturated heterocycles. The Balaban J connectivity index is 1.21. The lowest BCUT2D eigenvalue weighted by molar-refractivity contribution is 0.581. The van der Waals surface area contributed by atoms with Gasteiger partial charge < -0.3 is 4.57 Å². The van der Waals surface area contributed by atoms with E-state index in [9.17, 15) is 0 Å². The highest BCUT2D eigenvalue weighted by Crippen LogP contribution is 2.54. The highest BCUT2D eigenvalue weighted by atomic mass is 15.0. The smallest absolute Gasteiger partial charge is 0.0541 e. The van der Waals surface area contributed by atoms with E-state index in [-0.39, 0.29) is 0 Å². The number of hydrogen-bond donors (Lipinski definition) is 0. The Bertz CT molecular complexity index is 2240. The van der Waals surface area contributed by atoms with Gasteiger partial charge in [-0.25, -0.2) is 0 Å². The zero-order valence-corrected chi connectivity index (χ0v) is 25.8. The maximum Gasteiger partial charge on any atom is 0.0541 e. The summed E-state index contributed by atoms with van der Waals surface area (Å²) in [7, 11) is 0. The molecule has 9 rings (SSSR count). The van der Waals surface area contributed by atoms with E-state index in [1.807, 2.05) is 0 Å². The molecule has 2 atom stereocenters. The number of hydrogen-bond acceptors (Lipinski definition) is 0. The third-order valence-electron chi connectivity index (χ3n) is 10.6. The number of nitrogens with zero attached hydrogens (tertiary/aromatic N) is 1. The molecule has 6 aromatic carbocycles. The Morgan fingerprint density at radius 2 is 1.16 bits per heavy atom. The van der Waals surface area contributed by atoms with Crippen LogP contribution in [0.3, 0.4) is 0 Å². The average molecular weight is 578 g/mol. The predicted octanol–water partition coefficient (Wildman–Crippen LogP) is 12.0. The van der Waals surface area contributed by atoms with E-state index in [0.717, 1.165) is 12.8 Å². The van der Waals surface area contributed by atoms with Crippen molar-refractivity contribution >= 4 is 33.0 Å². The topological polar surface area (TPSA) is 4.93 Å². The molecule has 0 fully saturated rings. The molecule has 2 unspecified atom stereocenters. The zero-order valence-electron chi connectivity index (χ0n) is 25.8. The van der Waals surface area contributed by atoms with Crippen LogP contribution in [0.15, 0.2) is 140 Å². The van der Waals surface area contributed by atoms with Crippen LogP contribution in [0.2, 0.25) is 0 Å². The molecule has 0 amide bonds. The van der Waals surface area contributed by atoms with Crippen molar-refractivity contribution in [2.45, 2.75) is 38.5 Å². The van der Waals surface area contributed by atoms with Crippen LogP contribution in [-0.2, 0) is 0 Å². The second kappa shape index (κ2) is 10.2. The van der Waals surface area contributed by atoms with Crippen molar-refractivity contribution in [3.8, 4) is 27.9 Å². The van der Waals surface area contributed by atoms with E-state index in [2.05, 4.69) is 158 Å². The van der Waals surface area contributed by atoms with Crippen molar-refractivity contribution < 1.29 is 0 Å². The van der Waals surface area contributed by atoms with Gasteiger partial charge >= 0.3 is 0 Å². The summed E-state index contributed by atoms with van der Waals surface area (Å²) in [5.74, 6) is 0.909. The second-order valence-electron chi connectivity index (χ2n) is 12.8. The van der Waals surface area contributed by atoms with Gasteiger partial charge in [-0.15, -0.1) is 0 Å². The van der Waals surface area contributed by atoms with E-state index in [1.54, 1.807) is 0 Å². The Morgan fingerprint density at radius 3 is 1.87 bits per heavy atom. The number of benzene rings is 6. The molecule has 2 aliphatic rings. The van der Waals surface area contributed by atoms with Gasteiger partial charge in [0.25, 0.3) is 0 Å². The van der Waals surface area contributed by atoms with Gasteiger partial charge in [0.15, 0.2) is 0 Å². The fourth-order valence-electron chi connectivity index (χ4n) is 8.40. The molecule has 0 aliphatic heterocycles. The third kappa shape index (κ3) is 3.93. The molecule has 216 valence electrons. The minimum atomic E-state index is 0.429. The molecule has 45 heavy (non-hydrogen) atoms. The molecule has 0 spiro atoms. The molecule has 1 nitrogen and oxygen atoms in total. The van der Waals surface area contributed by atoms with E-state index >= 15 is 0 Å². The molecule has 7 aromatic rings. The van der Waals surface area contributed by atoms with Gasteiger partial charge in [-0.2, -0.15) is 0 Å². The lowest BCUT2D eigenvalue weighted by Gasteiger charge is -2.37. The largest absolute Gasteiger partial charge is 0.309 e. The summed E-state index contributed by atoms with van der Waals surface area (Å²) < 4.78 is 2.39. The number of rotatable bonds is 3. The molecule has 0 saturated carbocycles. The van der Waals surface area contributed by atoms with Gasteiger partial charge in [-0.05, 0) is 111 Å². The molecular formula is C44H35N. The summed E-state index contributed by atoms with van der Waals surface area (Å²) in [6, 6.07) is 52.1. The lowest BCUT2D eigenvalue weighted by atomic mass is 9.66. The van der Waals surface area contributed by atoms with Crippen molar-refractivity contribution in [1.29, 1.82) is 0 Å². The normalized spacial score (nSPS) is 17.0. The van der Waals surface area contributed by atoms with Crippen LogP contribution in [0.5, 0.6) is 0 Å². The van der Waals surface area contributed by atoms with Crippen LogP contribution in [-0.4, -0.2) is 4.57 Å². The van der Waals surface area contributed by atoms with E-state index in [0.29, 0.717) is 11.8 Å². The summed E-state index contributed by atoms with van der Waals surface area (Å²) >= 11 is 0. The molecule has 2 aliphatic carbocycles. The first-order chi connectivity index (χ1) is 22.2. The van der Waals surface area contributed by atoms with Crippen LogP contribution in [0, 0.1) is 0 Å². The minimum absolute atomic E-state index is 0.429. The predicted molar refractivity (Wildman–Crippen MR) is 191 cm³/mol. The van der Waals surface area contributed by atoms with Crippen LogP contribution in [0.1, 0.15) is 60.8 Å². The highest BCUT2D eigenvalue weighted by molar-refractivity contribution is 6.09. The van der Waals surface area contributed by atoms with E-state index in [1.165, 1.54) is 83.1 Å². The average Bonchev–Trinajstić information content (AvgIpc) is 3.44. The highest BCUT2D eigenvalue weighted by Gasteiger charge is 2.34. The number of para-hydroxylation sites is 2. The zero-order chi connectivity index (χ0) is 30.1. The van der Waals surface area contributed by atoms with Crippen LogP contribution >= 0.6 is 0 Å². The van der Waals surface area contributed by atoms with Gasteiger partial charge in [0.1, 0.15) is 0 Å². The molecule has 0 N–H and O–H groups in total. The van der Waals surface area contributed by atoms with Crippen LogP contribution in [0.25, 0.3) is 60.9 Å². The number of aromatic nitrogens is 1. The van der Waals surface area contributed by atoms with Crippen molar-refractivity contribution in [1.82, 2.24) is 4.57 Å². The summed E-state index contributed by atoms with van der Waals surface area (Å²) in [5.41, 5.74) is 17.8. The standard InChI is InChI=1S/C44H35N/c1-3-32-34-13-6-7-15-36(34)40-27-42(32)37-25-22-30(26-41(37)35-14-5-4-12-33(35)28(40)2)29-20-23-31(24-21-29)45-43-18-10-8-16-38(43)39-17-9-11-19-44(39)45/h4-26,28,40H,3,27H2,1-2H3. The summed E-state index contributed by atoms with van der Waals surface area (Å²) in [6.07, 6.45) is 2.13. The third-order valence-corrected chi connectivity index (χ3v) is 10.6. The fraction of sp³-hybridized carbons (Fsp3) is 0.136. The molecule has 1 heterocycles. The van der Waals surface area contributed by atoms with E-state index < -0.39 is 0 Å². The van der Waals surface area contributed by atoms with Crippen molar-refractivity contribution in [3.63, 3.8) is 0 Å². The van der Waals surface area contributed by atoms with Gasteiger partial charge in [0, 0.05) is 16.5 Å². The molecule has 1 heteroatoms. The SMILES string of the molecule is CCC1=C2CC(c3ccccc31)C(C)c1ccccc1-c1cc(-c3ccc(-n4c5ccccc5c5ccccc54)cc3)ccc12. The first-order valence-corrected chi connectivity index (χ1v) is 16.4. The van der Waals surface area contributed by atoms with Crippen molar-refractivity contribution in [2.24, 2.45) is 0 Å². The summed E-state index contributed by atoms with van der Waals surface area (Å²) in [4.78, 5) is 0. The van der Waals surface area contributed by atoms with Crippen molar-refractivity contribution in [3.05, 3.63) is 162 Å². The minimum Gasteiger partial charge on any atom is -0.309 e. The molecule has 1 aromatic heterocycles. The lowest BCUT2D eigenvalue weighted by Crippen LogP contribution is -2.19. The van der Waals surface area contributed by atoms with Crippen LogP contribution in [0.4, 0.5) is 0 Å². The summed E-state index contributed by atoms with van der Waals surface area (Å²) in [5, 5.41) is 2.58. The number of fused-ring (bicyclic) bond motifs is 11. The fourth-order valence-corrected chi connectivity index (χ4v) is 8.40. The van der Waals surface area contributed by atoms with Gasteiger partial charge in [-0.1, -0.05) is 123 Å². The molecular weight excluding hydrogens is 542 g/mol. The first-order valence-electron chi connectivity index (χ1n) is 16.4. The van der Waals surface area contributed by atoms with E-state index in [4.69, 9.17) is 0 Å². The van der Waals surface area contributed by atoms with Gasteiger partial charge in [0.05, 0.1) is 11.0 Å². The first kappa shape index (κ1) is 26.3. The Hall–Kier alpha value is -5.14. The maximum atomic E-state index is 2.46. The monoisotopic (exact) mass is 577 g/mol. The summed E-state index contributed by atoms with van der Waals surface area (Å²) in [6.45, 7) is 4.76. The maximum absolute atomic E-state index is 2.46. The quantitative estimate of drug-likeness (QED) is 0.197. The molecule has 0 radical (unpaired) electrons. The number of allylic oxidation sites excluding steroid dienone is 2. The van der Waals surface area contributed by atoms with Crippen LogP contribution < -0.4 is 0 Å². The van der Waals surface area contributed by atoms with Crippen molar-refractivity contribution in [2.75, 3.05) is 0 Å². The second-order valence-corrected chi connectivity index (χ2v) is 12.8. The Kier molecular flexibility index (Phi) is 5.96. The Morgan fingerprint density at radius 1 is 0.556 bits per heavy atom. The van der Waals surface area contributed by atoms with Gasteiger partial charge in [-0.3, -0.25) is 0 Å². The van der Waals surface area contributed by atoms with Gasteiger partial charge in [0.2, 0.25) is 0 Å². The molecule has 2 bridgehead atoms. The Labute approximate surface area is 265 Å².